The van der Waals surface area contributed by atoms with Gasteiger partial charge in [-0.2, -0.15) is 0 Å². The van der Waals surface area contributed by atoms with Crippen molar-refractivity contribution in [2.75, 3.05) is 19.1 Å². The number of β-lactam (4-membered cyclic amide) rings is 1. The van der Waals surface area contributed by atoms with Crippen LogP contribution in [0.2, 0.25) is 0 Å². The average Bonchev–Trinajstić information content (AvgIpc) is 2.70. The monoisotopic (exact) mass is 366 g/mol. The first-order valence-electron chi connectivity index (χ1n) is 8.67. The fourth-order valence-corrected chi connectivity index (χ4v) is 3.18. The standard InChI is InChI=1S/C21H22N2O4/c1-14(13-18(24)27-3)22-19-20(15-7-5-4-6-8-15)23(21(19)25)16-9-11-17(26-2)12-10-16/h4-12,19-20H,13H2,1-3H3/t19-,20+/m1/s1. The molecule has 0 bridgehead atoms. The number of rotatable bonds is 6. The predicted molar refractivity (Wildman–Crippen MR) is 103 cm³/mol. The van der Waals surface area contributed by atoms with Crippen molar-refractivity contribution in [3.63, 3.8) is 0 Å². The van der Waals surface area contributed by atoms with E-state index in [2.05, 4.69) is 9.73 Å². The molecule has 0 unspecified atom stereocenters. The number of carbonyl (C=O) groups excluding carboxylic acids is 2. The molecule has 1 fully saturated rings. The molecule has 0 aliphatic carbocycles. The lowest BCUT2D eigenvalue weighted by Crippen LogP contribution is -2.58. The van der Waals surface area contributed by atoms with Crippen molar-refractivity contribution in [3.8, 4) is 5.75 Å². The summed E-state index contributed by atoms with van der Waals surface area (Å²) in [7, 11) is 2.94. The fourth-order valence-electron chi connectivity index (χ4n) is 3.18. The summed E-state index contributed by atoms with van der Waals surface area (Å²) in [5.74, 6) is 0.260. The highest BCUT2D eigenvalue weighted by molar-refractivity contribution is 6.08. The molecule has 27 heavy (non-hydrogen) atoms. The van der Waals surface area contributed by atoms with Crippen LogP contribution in [0.3, 0.4) is 0 Å². The molecule has 1 amide bonds. The molecule has 1 saturated heterocycles. The van der Waals surface area contributed by atoms with Crippen LogP contribution in [0.4, 0.5) is 5.69 Å². The molecular formula is C21H22N2O4. The molecule has 2 aromatic rings. The molecule has 0 aromatic heterocycles. The second-order valence-corrected chi connectivity index (χ2v) is 6.32. The number of benzene rings is 2. The van der Waals surface area contributed by atoms with E-state index in [0.717, 1.165) is 17.0 Å². The van der Waals surface area contributed by atoms with E-state index < -0.39 is 6.04 Å². The van der Waals surface area contributed by atoms with Gasteiger partial charge >= 0.3 is 5.97 Å². The third-order valence-corrected chi connectivity index (χ3v) is 4.55. The van der Waals surface area contributed by atoms with E-state index in [0.29, 0.717) is 5.71 Å². The van der Waals surface area contributed by atoms with Crippen molar-refractivity contribution < 1.29 is 19.1 Å². The summed E-state index contributed by atoms with van der Waals surface area (Å²) in [5, 5.41) is 0. The summed E-state index contributed by atoms with van der Waals surface area (Å²) in [4.78, 5) is 30.6. The summed E-state index contributed by atoms with van der Waals surface area (Å²) < 4.78 is 9.87. The zero-order valence-electron chi connectivity index (χ0n) is 15.6. The van der Waals surface area contributed by atoms with E-state index in [1.165, 1.54) is 7.11 Å². The van der Waals surface area contributed by atoms with E-state index in [1.54, 1.807) is 18.9 Å². The number of esters is 1. The highest BCUT2D eigenvalue weighted by Crippen LogP contribution is 2.41. The smallest absolute Gasteiger partial charge is 0.311 e. The largest absolute Gasteiger partial charge is 0.497 e. The van der Waals surface area contributed by atoms with Gasteiger partial charge in [0, 0.05) is 11.4 Å². The number of hydrogen-bond donors (Lipinski definition) is 0. The molecule has 1 heterocycles. The van der Waals surface area contributed by atoms with Crippen molar-refractivity contribution in [1.82, 2.24) is 0 Å². The van der Waals surface area contributed by atoms with Crippen LogP contribution in [0.15, 0.2) is 59.6 Å². The van der Waals surface area contributed by atoms with E-state index >= 15 is 0 Å². The molecule has 2 aromatic carbocycles. The zero-order chi connectivity index (χ0) is 19.4. The van der Waals surface area contributed by atoms with Crippen LogP contribution >= 0.6 is 0 Å². The third kappa shape index (κ3) is 3.84. The van der Waals surface area contributed by atoms with Crippen LogP contribution < -0.4 is 9.64 Å². The summed E-state index contributed by atoms with van der Waals surface area (Å²) in [6.45, 7) is 1.74. The molecular weight excluding hydrogens is 344 g/mol. The zero-order valence-corrected chi connectivity index (χ0v) is 15.6. The van der Waals surface area contributed by atoms with Gasteiger partial charge in [-0.15, -0.1) is 0 Å². The number of nitrogens with zero attached hydrogens (tertiary/aromatic N) is 2. The molecule has 0 radical (unpaired) electrons. The second-order valence-electron chi connectivity index (χ2n) is 6.32. The topological polar surface area (TPSA) is 68.2 Å². The molecule has 0 N–H and O–H groups in total. The van der Waals surface area contributed by atoms with Gasteiger partial charge in [0.2, 0.25) is 0 Å². The number of aliphatic imine (C=N–C) groups is 1. The van der Waals surface area contributed by atoms with Crippen molar-refractivity contribution in [1.29, 1.82) is 0 Å². The number of amides is 1. The van der Waals surface area contributed by atoms with Crippen molar-refractivity contribution in [3.05, 3.63) is 60.2 Å². The highest BCUT2D eigenvalue weighted by atomic mass is 16.5. The van der Waals surface area contributed by atoms with Crippen molar-refractivity contribution in [2.24, 2.45) is 4.99 Å². The molecule has 0 spiro atoms. The van der Waals surface area contributed by atoms with Gasteiger partial charge in [0.1, 0.15) is 5.75 Å². The molecule has 3 rings (SSSR count). The van der Waals surface area contributed by atoms with Crippen molar-refractivity contribution >= 4 is 23.3 Å². The molecule has 6 heteroatoms. The molecule has 1 aliphatic heterocycles. The predicted octanol–water partition coefficient (Wildman–Crippen LogP) is 3.18. The number of methoxy groups -OCH3 is 2. The maximum Gasteiger partial charge on any atom is 0.311 e. The number of anilines is 1. The average molecular weight is 366 g/mol. The molecule has 140 valence electrons. The fraction of sp³-hybridized carbons (Fsp3) is 0.286. The minimum Gasteiger partial charge on any atom is -0.497 e. The minimum atomic E-state index is -0.556. The summed E-state index contributed by atoms with van der Waals surface area (Å²) >= 11 is 0. The Kier molecular flexibility index (Phi) is 5.54. The SMILES string of the molecule is COC(=O)CC(C)=N[C@H]1C(=O)N(c2ccc(OC)cc2)[C@H]1c1ccccc1. The van der Waals surface area contributed by atoms with E-state index in [1.807, 2.05) is 54.6 Å². The molecule has 2 atom stereocenters. The Balaban J connectivity index is 1.91. The Morgan fingerprint density at radius 1 is 1.07 bits per heavy atom. The van der Waals surface area contributed by atoms with Gasteiger partial charge in [-0.1, -0.05) is 30.3 Å². The Labute approximate surface area is 158 Å². The Morgan fingerprint density at radius 2 is 1.74 bits per heavy atom. The number of ether oxygens (including phenoxy) is 2. The van der Waals surface area contributed by atoms with Crippen molar-refractivity contribution in [2.45, 2.75) is 25.4 Å². The minimum absolute atomic E-state index is 0.0737. The first-order chi connectivity index (χ1) is 13.0. The maximum atomic E-state index is 12.9. The first kappa shape index (κ1) is 18.6. The van der Waals surface area contributed by atoms with Crippen LogP contribution in [-0.2, 0) is 14.3 Å². The number of carbonyl (C=O) groups is 2. The molecule has 6 nitrogen and oxygen atoms in total. The Hall–Kier alpha value is -3.15. The first-order valence-corrected chi connectivity index (χ1v) is 8.67. The van der Waals surface area contributed by atoms with Crippen LogP contribution in [0.5, 0.6) is 5.75 Å². The summed E-state index contributed by atoms with van der Waals surface area (Å²) in [5.41, 5.74) is 2.36. The lowest BCUT2D eigenvalue weighted by Gasteiger charge is -2.45. The normalized spacial score (nSPS) is 19.4. The van der Waals surface area contributed by atoms with Crippen LogP contribution in [-0.4, -0.2) is 37.8 Å². The molecule has 0 saturated carbocycles. The molecule has 1 aliphatic rings. The lowest BCUT2D eigenvalue weighted by molar-refractivity contribution is -0.139. The van der Waals surface area contributed by atoms with Gasteiger partial charge in [-0.25, -0.2) is 0 Å². The van der Waals surface area contributed by atoms with E-state index in [-0.39, 0.29) is 24.3 Å². The quantitative estimate of drug-likeness (QED) is 0.447. The summed E-state index contributed by atoms with van der Waals surface area (Å²) in [6.07, 6.45) is 0.0737. The highest BCUT2D eigenvalue weighted by Gasteiger charge is 2.49. The van der Waals surface area contributed by atoms with E-state index in [9.17, 15) is 9.59 Å². The maximum absolute atomic E-state index is 12.9. The van der Waals surface area contributed by atoms with Crippen LogP contribution in [0.25, 0.3) is 0 Å². The van der Waals surface area contributed by atoms with Crippen LogP contribution in [0, 0.1) is 0 Å². The van der Waals surface area contributed by atoms with Gasteiger partial charge in [-0.3, -0.25) is 14.6 Å². The van der Waals surface area contributed by atoms with Gasteiger partial charge in [0.15, 0.2) is 6.04 Å². The third-order valence-electron chi connectivity index (χ3n) is 4.55. The van der Waals surface area contributed by atoms with Gasteiger partial charge in [0.25, 0.3) is 5.91 Å². The van der Waals surface area contributed by atoms with Gasteiger partial charge < -0.3 is 14.4 Å². The Bertz CT molecular complexity index is 846. The van der Waals surface area contributed by atoms with Crippen LogP contribution in [0.1, 0.15) is 24.9 Å². The number of hydrogen-bond acceptors (Lipinski definition) is 5. The Morgan fingerprint density at radius 3 is 2.33 bits per heavy atom. The summed E-state index contributed by atoms with van der Waals surface area (Å²) in [6, 6.07) is 16.3. The van der Waals surface area contributed by atoms with E-state index in [4.69, 9.17) is 4.74 Å². The second kappa shape index (κ2) is 8.03. The lowest BCUT2D eigenvalue weighted by atomic mass is 9.88. The van der Waals surface area contributed by atoms with Gasteiger partial charge in [0.05, 0.1) is 26.7 Å². The van der Waals surface area contributed by atoms with Gasteiger partial charge in [-0.05, 0) is 36.8 Å².